The van der Waals surface area contributed by atoms with E-state index in [-0.39, 0.29) is 5.91 Å². The summed E-state index contributed by atoms with van der Waals surface area (Å²) in [5, 5.41) is 2.75. The van der Waals surface area contributed by atoms with Crippen molar-refractivity contribution >= 4 is 11.6 Å². The number of hydrogen-bond donors (Lipinski definition) is 1. The molecule has 0 spiro atoms. The number of ether oxygens (including phenoxy) is 1. The standard InChI is InChI=1S/C18H16N4O2/c1-2-24-18-15(9-6-10-19-18)17(23)22-14-11-20-16(21-12-14)13-7-4-3-5-8-13/h3-12H,2H2,1H3,(H,22,23). The number of rotatable bonds is 5. The summed E-state index contributed by atoms with van der Waals surface area (Å²) in [6.45, 7) is 2.28. The van der Waals surface area contributed by atoms with Crippen LogP contribution in [0, 0.1) is 0 Å². The van der Waals surface area contributed by atoms with Gasteiger partial charge in [-0.25, -0.2) is 15.0 Å². The Morgan fingerprint density at radius 2 is 1.79 bits per heavy atom. The van der Waals surface area contributed by atoms with Crippen LogP contribution in [0.15, 0.2) is 61.1 Å². The zero-order valence-corrected chi connectivity index (χ0v) is 13.1. The smallest absolute Gasteiger partial charge is 0.261 e. The number of pyridine rings is 1. The van der Waals surface area contributed by atoms with Gasteiger partial charge in [-0.2, -0.15) is 0 Å². The Hall–Kier alpha value is -3.28. The van der Waals surface area contributed by atoms with E-state index in [0.29, 0.717) is 29.6 Å². The number of carbonyl (C=O) groups is 1. The van der Waals surface area contributed by atoms with Gasteiger partial charge < -0.3 is 10.1 Å². The Balaban J connectivity index is 1.76. The summed E-state index contributed by atoms with van der Waals surface area (Å²) in [5.41, 5.74) is 1.79. The fourth-order valence-electron chi connectivity index (χ4n) is 2.14. The Kier molecular flexibility index (Phi) is 4.76. The van der Waals surface area contributed by atoms with Gasteiger partial charge in [0.15, 0.2) is 5.82 Å². The second-order valence-corrected chi connectivity index (χ2v) is 4.90. The summed E-state index contributed by atoms with van der Waals surface area (Å²) in [6.07, 6.45) is 4.73. The van der Waals surface area contributed by atoms with Crippen LogP contribution in [0.25, 0.3) is 11.4 Å². The van der Waals surface area contributed by atoms with Gasteiger partial charge in [-0.3, -0.25) is 4.79 Å². The minimum Gasteiger partial charge on any atom is -0.477 e. The predicted molar refractivity (Wildman–Crippen MR) is 90.8 cm³/mol. The SMILES string of the molecule is CCOc1ncccc1C(=O)Nc1cnc(-c2ccccc2)nc1. The summed E-state index contributed by atoms with van der Waals surface area (Å²) in [6, 6.07) is 13.0. The van der Waals surface area contributed by atoms with Crippen LogP contribution in [0.5, 0.6) is 5.88 Å². The summed E-state index contributed by atoms with van der Waals surface area (Å²) in [7, 11) is 0. The monoisotopic (exact) mass is 320 g/mol. The highest BCUT2D eigenvalue weighted by Crippen LogP contribution is 2.18. The van der Waals surface area contributed by atoms with Crippen molar-refractivity contribution in [3.63, 3.8) is 0 Å². The van der Waals surface area contributed by atoms with Crippen LogP contribution in [0.3, 0.4) is 0 Å². The van der Waals surface area contributed by atoms with Crippen molar-refractivity contribution in [3.8, 4) is 17.3 Å². The number of nitrogens with zero attached hydrogens (tertiary/aromatic N) is 3. The number of nitrogens with one attached hydrogen (secondary N) is 1. The van der Waals surface area contributed by atoms with Gasteiger partial charge in [0.1, 0.15) is 5.56 Å². The molecule has 0 aliphatic rings. The maximum atomic E-state index is 12.4. The molecule has 0 saturated carbocycles. The molecule has 1 aromatic carbocycles. The third-order valence-corrected chi connectivity index (χ3v) is 3.24. The topological polar surface area (TPSA) is 77.0 Å². The van der Waals surface area contributed by atoms with Crippen LogP contribution in [-0.2, 0) is 0 Å². The third-order valence-electron chi connectivity index (χ3n) is 3.24. The van der Waals surface area contributed by atoms with Crippen molar-refractivity contribution in [2.24, 2.45) is 0 Å². The summed E-state index contributed by atoms with van der Waals surface area (Å²) >= 11 is 0. The normalized spacial score (nSPS) is 10.2. The van der Waals surface area contributed by atoms with Gasteiger partial charge in [-0.05, 0) is 19.1 Å². The van der Waals surface area contributed by atoms with Gasteiger partial charge in [-0.1, -0.05) is 30.3 Å². The van der Waals surface area contributed by atoms with Crippen LogP contribution in [0.4, 0.5) is 5.69 Å². The Morgan fingerprint density at radius 3 is 2.50 bits per heavy atom. The van der Waals surface area contributed by atoms with Gasteiger partial charge in [0.25, 0.3) is 5.91 Å². The van der Waals surface area contributed by atoms with Crippen molar-refractivity contribution < 1.29 is 9.53 Å². The summed E-state index contributed by atoms with van der Waals surface area (Å²) in [4.78, 5) is 25.0. The van der Waals surface area contributed by atoms with E-state index in [0.717, 1.165) is 5.56 Å². The molecule has 2 heterocycles. The van der Waals surface area contributed by atoms with Crippen LogP contribution in [0.2, 0.25) is 0 Å². The zero-order chi connectivity index (χ0) is 16.8. The van der Waals surface area contributed by atoms with Crippen molar-refractivity contribution in [1.82, 2.24) is 15.0 Å². The maximum absolute atomic E-state index is 12.4. The molecular formula is C18H16N4O2. The highest BCUT2D eigenvalue weighted by molar-refractivity contribution is 6.05. The number of carbonyl (C=O) groups excluding carboxylic acids is 1. The average molecular weight is 320 g/mol. The number of anilines is 1. The van der Waals surface area contributed by atoms with E-state index in [4.69, 9.17) is 4.74 Å². The summed E-state index contributed by atoms with van der Waals surface area (Å²) in [5.74, 6) is 0.590. The maximum Gasteiger partial charge on any atom is 0.261 e. The minimum atomic E-state index is -0.317. The molecular weight excluding hydrogens is 304 g/mol. The number of hydrogen-bond acceptors (Lipinski definition) is 5. The van der Waals surface area contributed by atoms with Crippen molar-refractivity contribution in [2.45, 2.75) is 6.92 Å². The third kappa shape index (κ3) is 3.55. The quantitative estimate of drug-likeness (QED) is 0.781. The summed E-state index contributed by atoms with van der Waals surface area (Å²) < 4.78 is 5.37. The molecule has 3 rings (SSSR count). The largest absolute Gasteiger partial charge is 0.477 e. The molecule has 0 radical (unpaired) electrons. The lowest BCUT2D eigenvalue weighted by Gasteiger charge is -2.09. The van der Waals surface area contributed by atoms with E-state index in [1.54, 1.807) is 30.7 Å². The zero-order valence-electron chi connectivity index (χ0n) is 13.1. The first-order valence-corrected chi connectivity index (χ1v) is 7.54. The van der Waals surface area contributed by atoms with E-state index in [1.807, 2.05) is 37.3 Å². The van der Waals surface area contributed by atoms with E-state index in [1.165, 1.54) is 0 Å². The number of aromatic nitrogens is 3. The first-order valence-electron chi connectivity index (χ1n) is 7.54. The van der Waals surface area contributed by atoms with Crippen molar-refractivity contribution in [2.75, 3.05) is 11.9 Å². The minimum absolute atomic E-state index is 0.305. The molecule has 0 bridgehead atoms. The Bertz CT molecular complexity index is 820. The average Bonchev–Trinajstić information content (AvgIpc) is 2.64. The molecule has 0 atom stereocenters. The second-order valence-electron chi connectivity index (χ2n) is 4.90. The number of amides is 1. The van der Waals surface area contributed by atoms with E-state index in [9.17, 15) is 4.79 Å². The lowest BCUT2D eigenvalue weighted by atomic mass is 10.2. The second kappa shape index (κ2) is 7.32. The molecule has 6 nitrogen and oxygen atoms in total. The van der Waals surface area contributed by atoms with Gasteiger partial charge in [0.2, 0.25) is 5.88 Å². The molecule has 2 aromatic heterocycles. The molecule has 0 saturated heterocycles. The molecule has 0 fully saturated rings. The predicted octanol–water partition coefficient (Wildman–Crippen LogP) is 3.19. The van der Waals surface area contributed by atoms with Gasteiger partial charge in [-0.15, -0.1) is 0 Å². The number of benzene rings is 1. The fraction of sp³-hybridized carbons (Fsp3) is 0.111. The van der Waals surface area contributed by atoms with Crippen LogP contribution in [0.1, 0.15) is 17.3 Å². The van der Waals surface area contributed by atoms with E-state index < -0.39 is 0 Å². The molecule has 0 unspecified atom stereocenters. The lowest BCUT2D eigenvalue weighted by Crippen LogP contribution is -2.14. The van der Waals surface area contributed by atoms with E-state index in [2.05, 4.69) is 20.3 Å². The first kappa shape index (κ1) is 15.6. The molecule has 24 heavy (non-hydrogen) atoms. The van der Waals surface area contributed by atoms with Crippen molar-refractivity contribution in [1.29, 1.82) is 0 Å². The fourth-order valence-corrected chi connectivity index (χ4v) is 2.14. The highest BCUT2D eigenvalue weighted by atomic mass is 16.5. The Morgan fingerprint density at radius 1 is 1.04 bits per heavy atom. The van der Waals surface area contributed by atoms with Crippen LogP contribution < -0.4 is 10.1 Å². The van der Waals surface area contributed by atoms with Gasteiger partial charge >= 0.3 is 0 Å². The first-order chi connectivity index (χ1) is 11.8. The molecule has 3 aromatic rings. The molecule has 1 N–H and O–H groups in total. The molecule has 1 amide bonds. The Labute approximate surface area is 139 Å². The molecule has 0 aliphatic carbocycles. The van der Waals surface area contributed by atoms with Gasteiger partial charge in [0, 0.05) is 11.8 Å². The lowest BCUT2D eigenvalue weighted by molar-refractivity contribution is 0.102. The molecule has 0 aliphatic heterocycles. The van der Waals surface area contributed by atoms with Crippen LogP contribution >= 0.6 is 0 Å². The van der Waals surface area contributed by atoms with E-state index >= 15 is 0 Å². The van der Waals surface area contributed by atoms with Crippen molar-refractivity contribution in [3.05, 3.63) is 66.6 Å². The van der Waals surface area contributed by atoms with Crippen LogP contribution in [-0.4, -0.2) is 27.5 Å². The van der Waals surface area contributed by atoms with Gasteiger partial charge in [0.05, 0.1) is 24.7 Å². The molecule has 120 valence electrons. The molecule has 6 heteroatoms. The highest BCUT2D eigenvalue weighted by Gasteiger charge is 2.14.